The molecule has 1 aromatic rings. The lowest BCUT2D eigenvalue weighted by atomic mass is 9.98. The molecule has 220 valence electrons. The zero-order valence-electron chi connectivity index (χ0n) is 23.2. The summed E-state index contributed by atoms with van der Waals surface area (Å²) in [5, 5.41) is 14.7. The van der Waals surface area contributed by atoms with E-state index in [4.69, 9.17) is 20.4 Å². The molecule has 1 amide bonds. The molecule has 2 aliphatic rings. The molecule has 13 heteroatoms. The van der Waals surface area contributed by atoms with Gasteiger partial charge in [-0.3, -0.25) is 0 Å². The highest BCUT2D eigenvalue weighted by atomic mass is 19.1. The first-order valence-corrected chi connectivity index (χ1v) is 13.2. The number of hydrogen-bond donors (Lipinski definition) is 3. The molecule has 0 spiro atoms. The number of piperidine rings is 1. The standard InChI is InChI=1S/C27H39F2N7O4/c1-5-20(28)6-7-21(29)12-19-15-36(16-23(19)33-26(37)40-27(2,3)4)25-31-13-22(14-32-25)39-17-18-8-10-35(11-9-18)24(30)34-38/h5-7,13-14,18-19,23,38H,1,8-12,15-17H2,2-4H3,(H2,30,34)(H,33,37)/b20-6+,21-7+/t19-,23-/m0/s1. The van der Waals surface area contributed by atoms with Crippen LogP contribution < -0.4 is 20.7 Å². The number of likely N-dealkylation sites (tertiary alicyclic amines) is 1. The Hall–Kier alpha value is -3.90. The number of aromatic nitrogens is 2. The van der Waals surface area contributed by atoms with Crippen LogP contribution in [0.2, 0.25) is 0 Å². The summed E-state index contributed by atoms with van der Waals surface area (Å²) in [4.78, 5) is 25.0. The number of rotatable bonds is 9. The number of nitrogens with zero attached hydrogens (tertiary/aromatic N) is 5. The van der Waals surface area contributed by atoms with Gasteiger partial charge in [0.15, 0.2) is 5.75 Å². The highest BCUT2D eigenvalue weighted by Crippen LogP contribution is 2.28. The van der Waals surface area contributed by atoms with Gasteiger partial charge in [-0.05, 0) is 57.8 Å². The Morgan fingerprint density at radius 1 is 1.25 bits per heavy atom. The van der Waals surface area contributed by atoms with Gasteiger partial charge >= 0.3 is 6.09 Å². The Morgan fingerprint density at radius 2 is 1.93 bits per heavy atom. The first-order valence-electron chi connectivity index (χ1n) is 13.2. The molecule has 0 aromatic carbocycles. The number of alkyl carbamates (subject to hydrolysis) is 1. The summed E-state index contributed by atoms with van der Waals surface area (Å²) in [7, 11) is 0. The molecular formula is C27H39F2N7O4. The molecule has 40 heavy (non-hydrogen) atoms. The number of nitrogens with two attached hydrogens (primary N) is 1. The van der Waals surface area contributed by atoms with Gasteiger partial charge in [0, 0.05) is 38.5 Å². The van der Waals surface area contributed by atoms with Crippen molar-refractivity contribution in [1.29, 1.82) is 0 Å². The van der Waals surface area contributed by atoms with Gasteiger partial charge in [-0.2, -0.15) is 0 Å². The highest BCUT2D eigenvalue weighted by molar-refractivity contribution is 5.77. The summed E-state index contributed by atoms with van der Waals surface area (Å²) in [6.07, 6.45) is 7.30. The van der Waals surface area contributed by atoms with E-state index in [2.05, 4.69) is 27.0 Å². The number of carbonyl (C=O) groups is 1. The van der Waals surface area contributed by atoms with Crippen LogP contribution in [-0.4, -0.2) is 76.6 Å². The van der Waals surface area contributed by atoms with Crippen LogP contribution >= 0.6 is 0 Å². The van der Waals surface area contributed by atoms with Crippen LogP contribution in [0.5, 0.6) is 5.75 Å². The Bertz CT molecular complexity index is 1100. The van der Waals surface area contributed by atoms with Crippen LogP contribution in [0.15, 0.2) is 54.0 Å². The number of ether oxygens (including phenoxy) is 2. The number of nitrogens with one attached hydrogen (secondary N) is 1. The number of carbonyl (C=O) groups excluding carboxylic acids is 1. The van der Waals surface area contributed by atoms with Crippen molar-refractivity contribution in [3.63, 3.8) is 0 Å². The lowest BCUT2D eigenvalue weighted by Crippen LogP contribution is -2.43. The number of allylic oxidation sites excluding steroid dienone is 5. The van der Waals surface area contributed by atoms with E-state index in [1.54, 1.807) is 33.2 Å². The van der Waals surface area contributed by atoms with Crippen molar-refractivity contribution >= 4 is 18.0 Å². The predicted molar refractivity (Wildman–Crippen MR) is 147 cm³/mol. The van der Waals surface area contributed by atoms with Crippen LogP contribution in [0, 0.1) is 11.8 Å². The molecule has 0 unspecified atom stereocenters. The van der Waals surface area contributed by atoms with E-state index in [0.717, 1.165) is 31.1 Å². The number of guanidine groups is 1. The third-order valence-electron chi connectivity index (χ3n) is 6.64. The zero-order chi connectivity index (χ0) is 29.3. The monoisotopic (exact) mass is 563 g/mol. The molecule has 0 aliphatic carbocycles. The molecule has 0 radical (unpaired) electrons. The normalized spacial score (nSPS) is 21.4. The fourth-order valence-corrected chi connectivity index (χ4v) is 4.57. The van der Waals surface area contributed by atoms with Gasteiger partial charge in [0.05, 0.1) is 25.0 Å². The van der Waals surface area contributed by atoms with Crippen LogP contribution in [0.1, 0.15) is 40.0 Å². The maximum absolute atomic E-state index is 14.6. The second-order valence-electron chi connectivity index (χ2n) is 10.9. The summed E-state index contributed by atoms with van der Waals surface area (Å²) < 4.78 is 39.2. The minimum Gasteiger partial charge on any atom is -0.490 e. The molecule has 2 fully saturated rings. The van der Waals surface area contributed by atoms with Crippen molar-refractivity contribution in [2.45, 2.75) is 51.7 Å². The Morgan fingerprint density at radius 3 is 2.52 bits per heavy atom. The highest BCUT2D eigenvalue weighted by Gasteiger charge is 2.36. The van der Waals surface area contributed by atoms with E-state index in [1.807, 2.05) is 9.80 Å². The smallest absolute Gasteiger partial charge is 0.407 e. The van der Waals surface area contributed by atoms with Crippen LogP contribution in [0.3, 0.4) is 0 Å². The van der Waals surface area contributed by atoms with Gasteiger partial charge in [0.1, 0.15) is 17.3 Å². The average molecular weight is 564 g/mol. The maximum Gasteiger partial charge on any atom is 0.407 e. The van der Waals surface area contributed by atoms with Crippen molar-refractivity contribution in [3.8, 4) is 5.75 Å². The van der Waals surface area contributed by atoms with Crippen molar-refractivity contribution in [2.75, 3.05) is 37.7 Å². The first-order chi connectivity index (χ1) is 19.0. The molecule has 1 aromatic heterocycles. The number of halogens is 2. The van der Waals surface area contributed by atoms with E-state index in [0.29, 0.717) is 50.4 Å². The fourth-order valence-electron chi connectivity index (χ4n) is 4.57. The molecule has 2 atom stereocenters. The van der Waals surface area contributed by atoms with E-state index in [-0.39, 0.29) is 18.3 Å². The van der Waals surface area contributed by atoms with Crippen molar-refractivity contribution in [2.24, 2.45) is 22.7 Å². The maximum atomic E-state index is 14.6. The second kappa shape index (κ2) is 13.9. The van der Waals surface area contributed by atoms with Crippen LogP contribution in [0.25, 0.3) is 0 Å². The lowest BCUT2D eigenvalue weighted by Gasteiger charge is -2.31. The van der Waals surface area contributed by atoms with E-state index < -0.39 is 29.4 Å². The number of anilines is 1. The number of hydrogen-bond acceptors (Lipinski definition) is 8. The second-order valence-corrected chi connectivity index (χ2v) is 10.9. The number of oxime groups is 1. The third kappa shape index (κ3) is 9.38. The number of amides is 1. The molecular weight excluding hydrogens is 524 g/mol. The Balaban J connectivity index is 1.61. The largest absolute Gasteiger partial charge is 0.490 e. The third-order valence-corrected chi connectivity index (χ3v) is 6.64. The summed E-state index contributed by atoms with van der Waals surface area (Å²) in [5.41, 5.74) is 4.96. The first kappa shape index (κ1) is 30.6. The van der Waals surface area contributed by atoms with Crippen molar-refractivity contribution in [1.82, 2.24) is 20.2 Å². The zero-order valence-corrected chi connectivity index (χ0v) is 23.2. The van der Waals surface area contributed by atoms with Crippen molar-refractivity contribution in [3.05, 3.63) is 48.9 Å². The van der Waals surface area contributed by atoms with Gasteiger partial charge in [-0.15, -0.1) is 0 Å². The Kier molecular flexibility index (Phi) is 10.7. The van der Waals surface area contributed by atoms with E-state index in [9.17, 15) is 13.6 Å². The molecule has 3 heterocycles. The fraction of sp³-hybridized carbons (Fsp3) is 0.556. The summed E-state index contributed by atoms with van der Waals surface area (Å²) in [6.45, 7) is 11.2. The summed E-state index contributed by atoms with van der Waals surface area (Å²) in [6, 6.07) is -0.447. The molecule has 4 N–H and O–H groups in total. The molecule has 2 aliphatic heterocycles. The topological polar surface area (TPSA) is 138 Å². The molecule has 0 bridgehead atoms. The van der Waals surface area contributed by atoms with Gasteiger partial charge < -0.3 is 35.5 Å². The molecule has 11 nitrogen and oxygen atoms in total. The van der Waals surface area contributed by atoms with Gasteiger partial charge in [-0.25, -0.2) is 23.5 Å². The quantitative estimate of drug-likeness (QED) is 0.134. The van der Waals surface area contributed by atoms with Gasteiger partial charge in [0.2, 0.25) is 11.9 Å². The van der Waals surface area contributed by atoms with E-state index >= 15 is 0 Å². The SMILES string of the molecule is C=C/C(F)=C\C=C(\F)C[C@H]1CN(c2ncc(OCC3CCN(/C(N)=N/O)CC3)cn2)C[C@@H]1NC(=O)OC(C)(C)C. The van der Waals surface area contributed by atoms with Gasteiger partial charge in [-0.1, -0.05) is 11.7 Å². The lowest BCUT2D eigenvalue weighted by molar-refractivity contribution is 0.0496. The van der Waals surface area contributed by atoms with Crippen LogP contribution in [-0.2, 0) is 4.74 Å². The molecule has 2 saturated heterocycles. The molecule has 3 rings (SSSR count). The summed E-state index contributed by atoms with van der Waals surface area (Å²) >= 11 is 0. The van der Waals surface area contributed by atoms with Gasteiger partial charge in [0.25, 0.3) is 0 Å². The average Bonchev–Trinajstić information content (AvgIpc) is 3.31. The van der Waals surface area contributed by atoms with Crippen molar-refractivity contribution < 1.29 is 28.3 Å². The minimum absolute atomic E-state index is 0.0201. The van der Waals surface area contributed by atoms with E-state index in [1.165, 1.54) is 0 Å². The Labute approximate surface area is 233 Å². The minimum atomic E-state index is -0.687. The molecule has 0 saturated carbocycles. The van der Waals surface area contributed by atoms with Crippen LogP contribution in [0.4, 0.5) is 19.5 Å². The predicted octanol–water partition coefficient (Wildman–Crippen LogP) is 3.88. The summed E-state index contributed by atoms with van der Waals surface area (Å²) in [5.74, 6) is -0.131.